The summed E-state index contributed by atoms with van der Waals surface area (Å²) in [7, 11) is 0. The molecule has 0 spiro atoms. The van der Waals surface area contributed by atoms with Crippen molar-refractivity contribution < 1.29 is 5.11 Å². The second-order valence-corrected chi connectivity index (χ2v) is 5.18. The van der Waals surface area contributed by atoms with E-state index in [0.717, 1.165) is 0 Å². The fourth-order valence-corrected chi connectivity index (χ4v) is 1.78. The fraction of sp³-hybridized carbons (Fsp3) is 0.875. The minimum atomic E-state index is -0.437. The van der Waals surface area contributed by atoms with Gasteiger partial charge in [-0.15, -0.1) is 6.58 Å². The smallest absolute Gasteiger partial charge is 0.0806 e. The fourth-order valence-electron chi connectivity index (χ4n) is 1.64. The monoisotopic (exact) mass is 274 g/mol. The highest BCUT2D eigenvalue weighted by atomic mass is 32.1. The van der Waals surface area contributed by atoms with Crippen LogP contribution in [0.15, 0.2) is 12.7 Å². The van der Waals surface area contributed by atoms with Gasteiger partial charge >= 0.3 is 0 Å². The van der Waals surface area contributed by atoms with Gasteiger partial charge in [0, 0.05) is 5.75 Å². The average molecular weight is 275 g/mol. The van der Waals surface area contributed by atoms with Crippen LogP contribution in [-0.4, -0.2) is 17.0 Å². The van der Waals surface area contributed by atoms with Gasteiger partial charge in [-0.3, -0.25) is 0 Å². The van der Waals surface area contributed by atoms with Crippen molar-refractivity contribution in [1.82, 2.24) is 0 Å². The first-order valence-electron chi connectivity index (χ1n) is 7.64. The first-order valence-corrected chi connectivity index (χ1v) is 8.27. The Morgan fingerprint density at radius 3 is 1.39 bits per heavy atom. The van der Waals surface area contributed by atoms with Crippen LogP contribution in [0.25, 0.3) is 0 Å². The Hall–Kier alpha value is 0.0500. The predicted octanol–water partition coefficient (Wildman–Crippen LogP) is 5.39. The van der Waals surface area contributed by atoms with Crippen LogP contribution in [0.5, 0.6) is 0 Å². The van der Waals surface area contributed by atoms with Crippen LogP contribution in [0.3, 0.4) is 0 Å². The molecule has 110 valence electrons. The van der Waals surface area contributed by atoms with Crippen LogP contribution in [-0.2, 0) is 0 Å². The standard InChI is InChI=1S/C12H26.C4H8OS/c1-3-5-7-9-11-12-10-8-6-4-2;1-2-4(5)3-6/h3-12H2,1-2H3;2,4-6H,1,3H2. The van der Waals surface area contributed by atoms with E-state index in [2.05, 4.69) is 33.1 Å². The lowest BCUT2D eigenvalue weighted by molar-refractivity contribution is 0.249. The molecule has 0 heterocycles. The first kappa shape index (κ1) is 20.4. The lowest BCUT2D eigenvalue weighted by atomic mass is 10.1. The van der Waals surface area contributed by atoms with Crippen molar-refractivity contribution in [3.8, 4) is 0 Å². The Morgan fingerprint density at radius 2 is 1.22 bits per heavy atom. The highest BCUT2D eigenvalue weighted by molar-refractivity contribution is 7.80. The summed E-state index contributed by atoms with van der Waals surface area (Å²) >= 11 is 3.77. The lowest BCUT2D eigenvalue weighted by Gasteiger charge is -1.99. The third-order valence-electron chi connectivity index (χ3n) is 2.92. The minimum absolute atomic E-state index is 0.437. The molecule has 0 bridgehead atoms. The summed E-state index contributed by atoms with van der Waals surface area (Å²) < 4.78 is 0. The largest absolute Gasteiger partial charge is 0.388 e. The molecule has 0 aromatic rings. The van der Waals surface area contributed by atoms with Crippen LogP contribution < -0.4 is 0 Å². The van der Waals surface area contributed by atoms with E-state index in [4.69, 9.17) is 5.11 Å². The van der Waals surface area contributed by atoms with Crippen molar-refractivity contribution in [2.24, 2.45) is 0 Å². The Balaban J connectivity index is 0. The van der Waals surface area contributed by atoms with E-state index < -0.39 is 6.10 Å². The molecular weight excluding hydrogens is 240 g/mol. The Labute approximate surface area is 120 Å². The van der Waals surface area contributed by atoms with E-state index in [9.17, 15) is 0 Å². The first-order chi connectivity index (χ1) is 8.72. The van der Waals surface area contributed by atoms with Gasteiger partial charge in [0.25, 0.3) is 0 Å². The van der Waals surface area contributed by atoms with Crippen molar-refractivity contribution in [3.63, 3.8) is 0 Å². The van der Waals surface area contributed by atoms with Gasteiger partial charge in [0.15, 0.2) is 0 Å². The van der Waals surface area contributed by atoms with Crippen LogP contribution >= 0.6 is 12.6 Å². The van der Waals surface area contributed by atoms with E-state index >= 15 is 0 Å². The number of aliphatic hydroxyl groups is 1. The van der Waals surface area contributed by atoms with Crippen molar-refractivity contribution in [1.29, 1.82) is 0 Å². The van der Waals surface area contributed by atoms with Gasteiger partial charge in [-0.1, -0.05) is 84.1 Å². The maximum Gasteiger partial charge on any atom is 0.0806 e. The zero-order chi connectivity index (χ0) is 14.1. The van der Waals surface area contributed by atoms with Crippen LogP contribution in [0.1, 0.15) is 78.1 Å². The van der Waals surface area contributed by atoms with Crippen LogP contribution in [0.2, 0.25) is 0 Å². The van der Waals surface area contributed by atoms with Gasteiger partial charge in [-0.05, 0) is 0 Å². The van der Waals surface area contributed by atoms with E-state index in [1.54, 1.807) is 0 Å². The highest BCUT2D eigenvalue weighted by Gasteiger charge is 1.90. The van der Waals surface area contributed by atoms with Gasteiger partial charge in [0.2, 0.25) is 0 Å². The van der Waals surface area contributed by atoms with Crippen molar-refractivity contribution in [2.45, 2.75) is 84.2 Å². The van der Waals surface area contributed by atoms with Crippen molar-refractivity contribution in [2.75, 3.05) is 5.75 Å². The number of aliphatic hydroxyl groups excluding tert-OH is 1. The number of rotatable bonds is 11. The third kappa shape index (κ3) is 21.3. The quantitative estimate of drug-likeness (QED) is 0.294. The van der Waals surface area contributed by atoms with Crippen molar-refractivity contribution in [3.05, 3.63) is 12.7 Å². The summed E-state index contributed by atoms with van der Waals surface area (Å²) in [5.41, 5.74) is 0. The lowest BCUT2D eigenvalue weighted by Crippen LogP contribution is -2.01. The van der Waals surface area contributed by atoms with Crippen LogP contribution in [0.4, 0.5) is 0 Å². The summed E-state index contributed by atoms with van der Waals surface area (Å²) in [4.78, 5) is 0. The molecule has 0 saturated carbocycles. The number of thiol groups is 1. The molecule has 0 fully saturated rings. The third-order valence-corrected chi connectivity index (χ3v) is 3.29. The maximum atomic E-state index is 8.47. The summed E-state index contributed by atoms with van der Waals surface area (Å²) in [5.74, 6) is 0.462. The highest BCUT2D eigenvalue weighted by Crippen LogP contribution is 2.09. The zero-order valence-electron chi connectivity index (χ0n) is 12.5. The second kappa shape index (κ2) is 19.4. The van der Waals surface area contributed by atoms with Gasteiger partial charge in [-0.2, -0.15) is 12.6 Å². The predicted molar refractivity (Wildman–Crippen MR) is 87.6 cm³/mol. The molecule has 1 atom stereocenters. The molecule has 0 aliphatic rings. The van der Waals surface area contributed by atoms with Crippen LogP contribution in [0, 0.1) is 0 Å². The van der Waals surface area contributed by atoms with E-state index in [1.807, 2.05) is 0 Å². The molecule has 1 N–H and O–H groups in total. The summed E-state index contributed by atoms with van der Waals surface area (Å²) in [5, 5.41) is 8.47. The van der Waals surface area contributed by atoms with E-state index in [1.165, 1.54) is 70.3 Å². The van der Waals surface area contributed by atoms with E-state index in [0.29, 0.717) is 5.75 Å². The molecule has 1 nitrogen and oxygen atoms in total. The molecule has 0 rings (SSSR count). The van der Waals surface area contributed by atoms with E-state index in [-0.39, 0.29) is 0 Å². The SMILES string of the molecule is C=CC(O)CS.CCCCCCCCCCCC. The van der Waals surface area contributed by atoms with Gasteiger partial charge in [0.1, 0.15) is 0 Å². The Bertz CT molecular complexity index is 138. The number of hydrogen-bond donors (Lipinski definition) is 2. The van der Waals surface area contributed by atoms with Gasteiger partial charge < -0.3 is 5.11 Å². The normalized spacial score (nSPS) is 11.6. The molecule has 0 aliphatic heterocycles. The van der Waals surface area contributed by atoms with Crippen molar-refractivity contribution >= 4 is 12.6 Å². The Kier molecular flexibility index (Phi) is 21.9. The molecule has 0 amide bonds. The van der Waals surface area contributed by atoms with Gasteiger partial charge in [0.05, 0.1) is 6.10 Å². The molecule has 0 aromatic carbocycles. The molecule has 0 radical (unpaired) electrons. The summed E-state index contributed by atoms with van der Waals surface area (Å²) in [6.07, 6.45) is 15.5. The number of unbranched alkanes of at least 4 members (excludes halogenated alkanes) is 9. The molecule has 1 unspecified atom stereocenters. The molecule has 0 aromatic heterocycles. The molecule has 2 heteroatoms. The molecule has 0 saturated heterocycles. The van der Waals surface area contributed by atoms with Gasteiger partial charge in [-0.25, -0.2) is 0 Å². The molecule has 18 heavy (non-hydrogen) atoms. The minimum Gasteiger partial charge on any atom is -0.388 e. The molecule has 0 aliphatic carbocycles. The average Bonchev–Trinajstić information content (AvgIpc) is 2.41. The summed E-state index contributed by atoms with van der Waals surface area (Å²) in [6.45, 7) is 7.89. The summed E-state index contributed by atoms with van der Waals surface area (Å²) in [6, 6.07) is 0. The number of hydrogen-bond acceptors (Lipinski definition) is 2. The second-order valence-electron chi connectivity index (χ2n) is 4.81. The topological polar surface area (TPSA) is 20.2 Å². The zero-order valence-corrected chi connectivity index (χ0v) is 13.4. The Morgan fingerprint density at radius 1 is 0.889 bits per heavy atom. The maximum absolute atomic E-state index is 8.47. The molecular formula is C16H34OS.